The molecule has 1 aliphatic heterocycles. The molecule has 5 rings (SSSR count). The second-order valence-electron chi connectivity index (χ2n) is 8.37. The average molecular weight is 546 g/mol. The fraction of sp³-hybridized carbons (Fsp3) is 0.115. The van der Waals surface area contributed by atoms with Crippen molar-refractivity contribution >= 4 is 56.4 Å². The van der Waals surface area contributed by atoms with E-state index in [1.165, 1.54) is 10.8 Å². The minimum Gasteiger partial charge on any atom is -0.273 e. The maximum Gasteiger partial charge on any atom is 0.335 e. The molecule has 2 aromatic carbocycles. The fourth-order valence-electron chi connectivity index (χ4n) is 4.34. The summed E-state index contributed by atoms with van der Waals surface area (Å²) in [7, 11) is 0. The van der Waals surface area contributed by atoms with Crippen molar-refractivity contribution in [3.63, 3.8) is 0 Å². The Bertz CT molecular complexity index is 1680. The Balaban J connectivity index is 1.62. The molecular weight excluding hydrogens is 526 g/mol. The molecule has 4 amide bonds. The van der Waals surface area contributed by atoms with Gasteiger partial charge in [-0.05, 0) is 74.9 Å². The number of rotatable bonds is 3. The normalized spacial score (nSPS) is 15.2. The Hall–Kier alpha value is -4.31. The van der Waals surface area contributed by atoms with Crippen molar-refractivity contribution in [2.75, 3.05) is 4.90 Å². The SMILES string of the molecule is Cc1cc(C=C2C(=O)NC(=O)N(c3ccc(Br)cc3)C2=O)c(C)n1-n1c(C)nc2ccccc2c1=O. The van der Waals surface area contributed by atoms with Crippen molar-refractivity contribution in [3.8, 4) is 0 Å². The quantitative estimate of drug-likeness (QED) is 0.310. The Morgan fingerprint density at radius 2 is 1.61 bits per heavy atom. The van der Waals surface area contributed by atoms with Crippen LogP contribution >= 0.6 is 15.9 Å². The summed E-state index contributed by atoms with van der Waals surface area (Å²) in [6.45, 7) is 5.34. The Morgan fingerprint density at radius 1 is 0.917 bits per heavy atom. The third-order valence-electron chi connectivity index (χ3n) is 6.04. The van der Waals surface area contributed by atoms with Crippen LogP contribution in [0, 0.1) is 20.8 Å². The molecule has 4 aromatic rings. The van der Waals surface area contributed by atoms with E-state index in [9.17, 15) is 19.2 Å². The number of halogens is 1. The molecule has 9 nitrogen and oxygen atoms in total. The number of fused-ring (bicyclic) bond motifs is 1. The number of benzene rings is 2. The third kappa shape index (κ3) is 3.75. The predicted octanol–water partition coefficient (Wildman–Crippen LogP) is 3.86. The van der Waals surface area contributed by atoms with Crippen LogP contribution < -0.4 is 15.8 Å². The van der Waals surface area contributed by atoms with Gasteiger partial charge in [0.05, 0.1) is 16.6 Å². The summed E-state index contributed by atoms with van der Waals surface area (Å²) >= 11 is 3.32. The molecular formula is C26H20BrN5O4. The number of imide groups is 2. The average Bonchev–Trinajstić information content (AvgIpc) is 3.10. The largest absolute Gasteiger partial charge is 0.335 e. The number of urea groups is 1. The molecule has 0 radical (unpaired) electrons. The van der Waals surface area contributed by atoms with Crippen LogP contribution in [0.25, 0.3) is 17.0 Å². The molecule has 1 fully saturated rings. The topological polar surface area (TPSA) is 106 Å². The smallest absolute Gasteiger partial charge is 0.273 e. The van der Waals surface area contributed by atoms with Crippen molar-refractivity contribution < 1.29 is 14.4 Å². The summed E-state index contributed by atoms with van der Waals surface area (Å²) < 4.78 is 3.95. The lowest BCUT2D eigenvalue weighted by Gasteiger charge is -2.26. The van der Waals surface area contributed by atoms with Gasteiger partial charge in [-0.25, -0.2) is 14.7 Å². The Kier molecular flexibility index (Phi) is 5.68. The number of carbonyl (C=O) groups is 3. The van der Waals surface area contributed by atoms with Gasteiger partial charge < -0.3 is 0 Å². The maximum atomic E-state index is 13.3. The van der Waals surface area contributed by atoms with E-state index < -0.39 is 17.8 Å². The van der Waals surface area contributed by atoms with E-state index in [0.717, 1.165) is 9.37 Å². The van der Waals surface area contributed by atoms with E-state index in [1.807, 2.05) is 13.0 Å². The molecule has 0 aliphatic carbocycles. The number of anilines is 1. The van der Waals surface area contributed by atoms with E-state index >= 15 is 0 Å². The zero-order chi connectivity index (χ0) is 25.7. The highest BCUT2D eigenvalue weighted by Gasteiger charge is 2.37. The summed E-state index contributed by atoms with van der Waals surface area (Å²) in [6, 6.07) is 14.6. The molecule has 180 valence electrons. The Labute approximate surface area is 213 Å². The molecule has 0 saturated carbocycles. The summed E-state index contributed by atoms with van der Waals surface area (Å²) in [5.41, 5.74) is 2.37. The van der Waals surface area contributed by atoms with Gasteiger partial charge >= 0.3 is 6.03 Å². The second kappa shape index (κ2) is 8.72. The number of aromatic nitrogens is 3. The predicted molar refractivity (Wildman–Crippen MR) is 139 cm³/mol. The van der Waals surface area contributed by atoms with Gasteiger partial charge in [0.15, 0.2) is 0 Å². The number of nitrogens with zero attached hydrogens (tertiary/aromatic N) is 4. The van der Waals surface area contributed by atoms with Gasteiger partial charge in [-0.15, -0.1) is 0 Å². The number of para-hydroxylation sites is 1. The minimum atomic E-state index is -0.820. The lowest BCUT2D eigenvalue weighted by Crippen LogP contribution is -2.54. The van der Waals surface area contributed by atoms with E-state index in [4.69, 9.17) is 0 Å². The van der Waals surface area contributed by atoms with Crippen LogP contribution in [0.15, 0.2) is 69.4 Å². The van der Waals surface area contributed by atoms with Crippen molar-refractivity contribution in [1.29, 1.82) is 0 Å². The highest BCUT2D eigenvalue weighted by atomic mass is 79.9. The van der Waals surface area contributed by atoms with E-state index in [2.05, 4.69) is 26.2 Å². The lowest BCUT2D eigenvalue weighted by molar-refractivity contribution is -0.122. The van der Waals surface area contributed by atoms with Crippen molar-refractivity contribution in [1.82, 2.24) is 19.7 Å². The number of hydrogen-bond donors (Lipinski definition) is 1. The summed E-state index contributed by atoms with van der Waals surface area (Å²) in [6.07, 6.45) is 1.43. The molecule has 1 aliphatic rings. The number of amides is 4. The van der Waals surface area contributed by atoms with Crippen molar-refractivity contribution in [2.45, 2.75) is 20.8 Å². The first-order chi connectivity index (χ1) is 17.2. The highest BCUT2D eigenvalue weighted by Crippen LogP contribution is 2.25. The van der Waals surface area contributed by atoms with Crippen LogP contribution in [-0.2, 0) is 9.59 Å². The van der Waals surface area contributed by atoms with E-state index in [0.29, 0.717) is 39.4 Å². The van der Waals surface area contributed by atoms with Crippen LogP contribution in [0.5, 0.6) is 0 Å². The first kappa shape index (κ1) is 23.4. The van der Waals surface area contributed by atoms with Gasteiger partial charge in [-0.1, -0.05) is 28.1 Å². The Morgan fingerprint density at radius 3 is 2.33 bits per heavy atom. The van der Waals surface area contributed by atoms with Gasteiger partial charge in [-0.2, -0.15) is 4.68 Å². The third-order valence-corrected chi connectivity index (χ3v) is 6.56. The fourth-order valence-corrected chi connectivity index (χ4v) is 4.60. The number of barbiturate groups is 1. The van der Waals surface area contributed by atoms with Crippen molar-refractivity contribution in [2.24, 2.45) is 0 Å². The summed E-state index contributed by atoms with van der Waals surface area (Å²) in [5, 5.41) is 2.70. The standard InChI is InChI=1S/C26H20BrN5O4/c1-14-12-17(15(2)31(14)32-16(3)28-22-7-5-4-6-20(22)25(32)35)13-21-23(33)29-26(36)30(24(21)34)19-10-8-18(27)9-11-19/h4-13H,1-3H3,(H,29,33,36). The van der Waals surface area contributed by atoms with Gasteiger partial charge in [0.1, 0.15) is 11.4 Å². The van der Waals surface area contributed by atoms with E-state index in [1.54, 1.807) is 67.1 Å². The number of hydrogen-bond acceptors (Lipinski definition) is 5. The number of carbonyl (C=O) groups excluding carboxylic acids is 3. The molecule has 0 spiro atoms. The molecule has 36 heavy (non-hydrogen) atoms. The van der Waals surface area contributed by atoms with Crippen LogP contribution in [0.2, 0.25) is 0 Å². The molecule has 1 N–H and O–H groups in total. The molecule has 0 unspecified atom stereocenters. The zero-order valence-corrected chi connectivity index (χ0v) is 21.2. The van der Waals surface area contributed by atoms with E-state index in [-0.39, 0.29) is 11.1 Å². The highest BCUT2D eigenvalue weighted by molar-refractivity contribution is 9.10. The molecule has 2 aromatic heterocycles. The van der Waals surface area contributed by atoms with Crippen LogP contribution in [0.3, 0.4) is 0 Å². The molecule has 3 heterocycles. The zero-order valence-electron chi connectivity index (χ0n) is 19.6. The molecule has 1 saturated heterocycles. The number of aryl methyl sites for hydroxylation is 2. The summed E-state index contributed by atoms with van der Waals surface area (Å²) in [4.78, 5) is 57.2. The van der Waals surface area contributed by atoms with Gasteiger partial charge in [0.25, 0.3) is 17.4 Å². The van der Waals surface area contributed by atoms with Crippen LogP contribution in [0.4, 0.5) is 10.5 Å². The first-order valence-electron chi connectivity index (χ1n) is 11.0. The van der Waals surface area contributed by atoms with Gasteiger partial charge in [-0.3, -0.25) is 24.4 Å². The first-order valence-corrected chi connectivity index (χ1v) is 11.8. The minimum absolute atomic E-state index is 0.196. The molecule has 0 atom stereocenters. The van der Waals surface area contributed by atoms with Crippen molar-refractivity contribution in [3.05, 3.63) is 97.8 Å². The van der Waals surface area contributed by atoms with Gasteiger partial charge in [0, 0.05) is 15.9 Å². The number of nitrogens with one attached hydrogen (secondary N) is 1. The monoisotopic (exact) mass is 545 g/mol. The van der Waals surface area contributed by atoms with Crippen LogP contribution in [-0.4, -0.2) is 32.2 Å². The lowest BCUT2D eigenvalue weighted by atomic mass is 10.1. The maximum absolute atomic E-state index is 13.3. The molecule has 10 heteroatoms. The summed E-state index contributed by atoms with van der Waals surface area (Å²) in [5.74, 6) is -1.04. The van der Waals surface area contributed by atoms with Crippen LogP contribution in [0.1, 0.15) is 22.8 Å². The van der Waals surface area contributed by atoms with Gasteiger partial charge in [0.2, 0.25) is 0 Å². The second-order valence-corrected chi connectivity index (χ2v) is 9.28. The molecule has 0 bridgehead atoms.